The molecule has 0 aromatic heterocycles. The van der Waals surface area contributed by atoms with Crippen LogP contribution in [0.2, 0.25) is 0 Å². The molecule has 19 heteroatoms. The first-order chi connectivity index (χ1) is 43.4. The molecule has 90 heavy (non-hydrogen) atoms. The van der Waals surface area contributed by atoms with Gasteiger partial charge < -0.3 is 33.8 Å². The molecule has 0 rings (SSSR count). The van der Waals surface area contributed by atoms with Gasteiger partial charge in [0.2, 0.25) is 0 Å². The van der Waals surface area contributed by atoms with Crippen molar-refractivity contribution in [2.45, 2.75) is 381 Å². The molecule has 0 bridgehead atoms. The lowest BCUT2D eigenvalue weighted by Crippen LogP contribution is -2.30. The number of rotatable bonds is 70. The van der Waals surface area contributed by atoms with Crippen molar-refractivity contribution < 1.29 is 80.2 Å². The van der Waals surface area contributed by atoms with Gasteiger partial charge in [-0.1, -0.05) is 311 Å². The van der Waals surface area contributed by atoms with Crippen molar-refractivity contribution in [3.63, 3.8) is 0 Å². The summed E-state index contributed by atoms with van der Waals surface area (Å²) in [5.74, 6) is -0.635. The third-order valence-electron chi connectivity index (χ3n) is 16.5. The van der Waals surface area contributed by atoms with Crippen LogP contribution in [0.5, 0.6) is 0 Å². The quantitative estimate of drug-likeness (QED) is 0.0222. The lowest BCUT2D eigenvalue weighted by molar-refractivity contribution is -0.161. The number of phosphoric ester groups is 2. The fourth-order valence-electron chi connectivity index (χ4n) is 10.8. The van der Waals surface area contributed by atoms with Crippen LogP contribution in [0.4, 0.5) is 0 Å². The fraction of sp³-hybridized carbons (Fsp3) is 0.944. The minimum atomic E-state index is -4.95. The Bertz CT molecular complexity index is 1750. The zero-order valence-electron chi connectivity index (χ0n) is 58.4. The van der Waals surface area contributed by atoms with E-state index < -0.39 is 97.5 Å². The Morgan fingerprint density at radius 3 is 0.756 bits per heavy atom. The molecule has 0 saturated carbocycles. The van der Waals surface area contributed by atoms with Crippen LogP contribution in [0.1, 0.15) is 363 Å². The summed E-state index contributed by atoms with van der Waals surface area (Å²) in [6, 6.07) is 0. The Labute approximate surface area is 549 Å². The number of carbonyl (C=O) groups is 4. The summed E-state index contributed by atoms with van der Waals surface area (Å²) in [5, 5.41) is 10.6. The number of unbranched alkanes of at least 4 members (excludes halogenated alkanes) is 40. The van der Waals surface area contributed by atoms with Crippen LogP contribution in [0.3, 0.4) is 0 Å². The van der Waals surface area contributed by atoms with E-state index in [1.807, 2.05) is 0 Å². The van der Waals surface area contributed by atoms with Crippen molar-refractivity contribution in [1.29, 1.82) is 0 Å². The molecule has 2 unspecified atom stereocenters. The minimum absolute atomic E-state index is 0.104. The molecule has 0 radical (unpaired) electrons. The Kier molecular flexibility index (Phi) is 61.8. The van der Waals surface area contributed by atoms with Crippen molar-refractivity contribution >= 4 is 39.5 Å². The number of carbonyl (C=O) groups excluding carboxylic acids is 4. The molecule has 0 aromatic rings. The molecule has 0 fully saturated rings. The Morgan fingerprint density at radius 1 is 0.300 bits per heavy atom. The SMILES string of the molecule is CCCCCCCCCCCCCCCCCCC(=O)O[C@H](COC(=O)CCCCCCCCCCCCCC(C)C)COP(=O)(O)OC[C@@H](O)COP(=O)(O)OC[C@@H](COC(=O)CCCCCCCCCCC)OC(=O)CCCCCCCCCCC(C)C. The van der Waals surface area contributed by atoms with Gasteiger partial charge in [0.1, 0.15) is 19.3 Å². The smallest absolute Gasteiger partial charge is 0.462 e. The number of hydrogen-bond acceptors (Lipinski definition) is 15. The molecule has 0 spiro atoms. The van der Waals surface area contributed by atoms with Crippen molar-refractivity contribution in [3.05, 3.63) is 0 Å². The molecule has 0 aromatic carbocycles. The second-order valence-electron chi connectivity index (χ2n) is 26.6. The highest BCUT2D eigenvalue weighted by molar-refractivity contribution is 7.47. The molecule has 0 aliphatic carbocycles. The lowest BCUT2D eigenvalue weighted by atomic mass is 10.0. The summed E-state index contributed by atoms with van der Waals surface area (Å²) in [4.78, 5) is 72.5. The van der Waals surface area contributed by atoms with E-state index in [0.29, 0.717) is 25.7 Å². The largest absolute Gasteiger partial charge is 0.472 e. The molecular weight excluding hydrogens is 1190 g/mol. The van der Waals surface area contributed by atoms with E-state index in [2.05, 4.69) is 41.5 Å². The maximum atomic E-state index is 13.0. The first kappa shape index (κ1) is 88.1. The molecular formula is C71H138O17P2. The van der Waals surface area contributed by atoms with Gasteiger partial charge in [-0.25, -0.2) is 9.13 Å². The third-order valence-corrected chi connectivity index (χ3v) is 18.4. The van der Waals surface area contributed by atoms with Crippen LogP contribution in [-0.2, 0) is 65.4 Å². The Morgan fingerprint density at radius 2 is 0.511 bits per heavy atom. The average molecular weight is 1330 g/mol. The number of ether oxygens (including phenoxy) is 4. The van der Waals surface area contributed by atoms with Gasteiger partial charge >= 0.3 is 39.5 Å². The summed E-state index contributed by atoms with van der Waals surface area (Å²) in [5.41, 5.74) is 0. The summed E-state index contributed by atoms with van der Waals surface area (Å²) in [6.45, 7) is 9.51. The number of hydrogen-bond donors (Lipinski definition) is 3. The summed E-state index contributed by atoms with van der Waals surface area (Å²) < 4.78 is 68.3. The van der Waals surface area contributed by atoms with Gasteiger partial charge in [0.25, 0.3) is 0 Å². The number of aliphatic hydroxyl groups is 1. The van der Waals surface area contributed by atoms with E-state index in [-0.39, 0.29) is 25.7 Å². The summed E-state index contributed by atoms with van der Waals surface area (Å²) in [6.07, 6.45) is 48.6. The van der Waals surface area contributed by atoms with E-state index in [4.69, 9.17) is 37.0 Å². The van der Waals surface area contributed by atoms with Gasteiger partial charge in [-0.3, -0.25) is 37.3 Å². The normalized spacial score (nSPS) is 14.1. The molecule has 3 N–H and O–H groups in total. The predicted molar refractivity (Wildman–Crippen MR) is 363 cm³/mol. The molecule has 0 amide bonds. The van der Waals surface area contributed by atoms with Gasteiger partial charge in [-0.2, -0.15) is 0 Å². The monoisotopic (exact) mass is 1320 g/mol. The molecule has 0 aliphatic heterocycles. The van der Waals surface area contributed by atoms with Crippen molar-refractivity contribution in [1.82, 2.24) is 0 Å². The summed E-state index contributed by atoms with van der Waals surface area (Å²) >= 11 is 0. The van der Waals surface area contributed by atoms with Gasteiger partial charge in [0.05, 0.1) is 26.4 Å². The zero-order chi connectivity index (χ0) is 66.5. The van der Waals surface area contributed by atoms with Crippen LogP contribution in [0.15, 0.2) is 0 Å². The van der Waals surface area contributed by atoms with Gasteiger partial charge in [-0.15, -0.1) is 0 Å². The van der Waals surface area contributed by atoms with E-state index in [1.54, 1.807) is 0 Å². The minimum Gasteiger partial charge on any atom is -0.462 e. The Hall–Kier alpha value is -1.94. The van der Waals surface area contributed by atoms with E-state index in [0.717, 1.165) is 102 Å². The average Bonchev–Trinajstić information content (AvgIpc) is 2.95. The lowest BCUT2D eigenvalue weighted by Gasteiger charge is -2.21. The van der Waals surface area contributed by atoms with Crippen LogP contribution in [0.25, 0.3) is 0 Å². The highest BCUT2D eigenvalue weighted by Crippen LogP contribution is 2.45. The second kappa shape index (κ2) is 63.1. The predicted octanol–water partition coefficient (Wildman–Crippen LogP) is 20.4. The molecule has 534 valence electrons. The molecule has 0 aliphatic rings. The third kappa shape index (κ3) is 64.8. The van der Waals surface area contributed by atoms with Crippen LogP contribution >= 0.6 is 15.6 Å². The van der Waals surface area contributed by atoms with Gasteiger partial charge in [0, 0.05) is 25.7 Å². The first-order valence-electron chi connectivity index (χ1n) is 37.0. The molecule has 5 atom stereocenters. The van der Waals surface area contributed by atoms with Crippen molar-refractivity contribution in [2.24, 2.45) is 11.8 Å². The topological polar surface area (TPSA) is 237 Å². The molecule has 0 saturated heterocycles. The van der Waals surface area contributed by atoms with Crippen LogP contribution in [0, 0.1) is 11.8 Å². The maximum absolute atomic E-state index is 13.0. The maximum Gasteiger partial charge on any atom is 0.472 e. The number of esters is 4. The fourth-order valence-corrected chi connectivity index (χ4v) is 12.3. The van der Waals surface area contributed by atoms with Gasteiger partial charge in [0.15, 0.2) is 12.2 Å². The van der Waals surface area contributed by atoms with Crippen molar-refractivity contribution in [2.75, 3.05) is 39.6 Å². The zero-order valence-corrected chi connectivity index (χ0v) is 60.2. The highest BCUT2D eigenvalue weighted by atomic mass is 31.2. The standard InChI is InChI=1S/C71H138O17P2/c1-7-9-11-13-15-17-18-19-20-21-22-25-30-37-43-49-55-70(75)87-66(60-82-69(74)54-48-42-36-29-26-23-24-28-33-39-45-51-63(3)4)61-85-89(77,78)83-57-65(72)58-84-90(79,80)86-62-67(59-81-68(73)53-47-41-35-27-16-14-12-10-8-2)88-71(76)56-50-44-38-32-31-34-40-46-52-64(5)6/h63-67,72H,7-62H2,1-6H3,(H,77,78)(H,79,80)/t65-,66-,67-/m1/s1. The van der Waals surface area contributed by atoms with E-state index >= 15 is 0 Å². The van der Waals surface area contributed by atoms with E-state index in [1.165, 1.54) is 180 Å². The first-order valence-corrected chi connectivity index (χ1v) is 40.0. The van der Waals surface area contributed by atoms with Crippen LogP contribution < -0.4 is 0 Å². The number of phosphoric acid groups is 2. The van der Waals surface area contributed by atoms with E-state index in [9.17, 15) is 43.2 Å². The van der Waals surface area contributed by atoms with Crippen LogP contribution in [-0.4, -0.2) is 96.7 Å². The summed E-state index contributed by atoms with van der Waals surface area (Å²) in [7, 11) is -9.90. The van der Waals surface area contributed by atoms with Gasteiger partial charge in [-0.05, 0) is 37.5 Å². The van der Waals surface area contributed by atoms with Crippen molar-refractivity contribution in [3.8, 4) is 0 Å². The number of aliphatic hydroxyl groups excluding tert-OH is 1. The Balaban J connectivity index is 5.23. The molecule has 17 nitrogen and oxygen atoms in total. The molecule has 0 heterocycles. The second-order valence-corrected chi connectivity index (χ2v) is 29.5. The highest BCUT2D eigenvalue weighted by Gasteiger charge is 2.30.